The van der Waals surface area contributed by atoms with Crippen LogP contribution in [0.3, 0.4) is 0 Å². The molecular formula is C66H75N9O6. The molecule has 0 spiro atoms. The van der Waals surface area contributed by atoms with Crippen molar-refractivity contribution in [2.75, 3.05) is 43.6 Å². The van der Waals surface area contributed by atoms with Crippen LogP contribution in [0.2, 0.25) is 0 Å². The molecule has 3 atom stereocenters. The summed E-state index contributed by atoms with van der Waals surface area (Å²) in [6.07, 6.45) is 7.24. The SMILES string of the molecule is C#Cc1ccc(N=Nc2ccc(NC(=O)c3ccc(OCCOC(=O)C(C)(CC(C)(C)C)C(C)CC(C)(C)CC(C)(C(=O)OCCN(C)c4ccc(N=Nc5ccc(N=Nc6ccc(C#N)cc6)cc5)cc4)C(C)C)cc3)cc2)cc1. The third-order valence-electron chi connectivity index (χ3n) is 14.4. The van der Waals surface area contributed by atoms with E-state index in [1.807, 2.05) is 74.3 Å². The van der Waals surface area contributed by atoms with Crippen LogP contribution in [0.25, 0.3) is 0 Å². The Morgan fingerprint density at radius 1 is 0.568 bits per heavy atom. The quantitative estimate of drug-likeness (QED) is 0.0253. The normalized spacial score (nSPS) is 13.7. The zero-order chi connectivity index (χ0) is 58.8. The first-order chi connectivity index (χ1) is 38.5. The Bertz CT molecular complexity index is 3230. The molecule has 6 aromatic rings. The number of rotatable bonds is 25. The van der Waals surface area contributed by atoms with Crippen LogP contribution in [0.15, 0.2) is 176 Å². The van der Waals surface area contributed by atoms with Gasteiger partial charge in [0.2, 0.25) is 0 Å². The number of hydrogen-bond donors (Lipinski definition) is 1. The van der Waals surface area contributed by atoms with Crippen LogP contribution in [0.4, 0.5) is 45.5 Å². The fourth-order valence-electron chi connectivity index (χ4n) is 9.66. The number of nitrogens with zero attached hydrogens (tertiary/aromatic N) is 8. The number of anilines is 2. The molecule has 15 heteroatoms. The Balaban J connectivity index is 0.946. The molecule has 0 bridgehead atoms. The lowest BCUT2D eigenvalue weighted by atomic mass is 9.60. The highest BCUT2D eigenvalue weighted by molar-refractivity contribution is 6.04. The summed E-state index contributed by atoms with van der Waals surface area (Å²) in [5.74, 6) is 2.18. The van der Waals surface area contributed by atoms with Crippen LogP contribution in [-0.2, 0) is 19.1 Å². The summed E-state index contributed by atoms with van der Waals surface area (Å²) in [6, 6.07) is 44.9. The lowest BCUT2D eigenvalue weighted by molar-refractivity contribution is -0.164. The minimum atomic E-state index is -0.832. The number of esters is 2. The van der Waals surface area contributed by atoms with Crippen LogP contribution in [0, 0.1) is 57.2 Å². The number of carbonyl (C=O) groups is 3. The number of likely N-dealkylation sites (N-methyl/N-ethyl adjacent to an activating group) is 1. The topological polar surface area (TPSA) is 192 Å². The Morgan fingerprint density at radius 3 is 1.46 bits per heavy atom. The Kier molecular flexibility index (Phi) is 21.1. The van der Waals surface area contributed by atoms with E-state index in [1.165, 1.54) is 0 Å². The monoisotopic (exact) mass is 1090 g/mol. The first-order valence-corrected chi connectivity index (χ1v) is 27.2. The van der Waals surface area contributed by atoms with Gasteiger partial charge in [0.1, 0.15) is 25.6 Å². The average molecular weight is 1090 g/mol. The summed E-state index contributed by atoms with van der Waals surface area (Å²) in [4.78, 5) is 43.4. The molecule has 15 nitrogen and oxygen atoms in total. The van der Waals surface area contributed by atoms with Crippen molar-refractivity contribution < 1.29 is 28.6 Å². The fraction of sp³-hybridized carbons (Fsp3) is 0.364. The van der Waals surface area contributed by atoms with E-state index < -0.39 is 10.8 Å². The molecule has 420 valence electrons. The highest BCUT2D eigenvalue weighted by Crippen LogP contribution is 2.49. The molecule has 3 unspecified atom stereocenters. The highest BCUT2D eigenvalue weighted by Gasteiger charge is 2.48. The summed E-state index contributed by atoms with van der Waals surface area (Å²) in [5.41, 5.74) is 5.13. The molecule has 0 aliphatic heterocycles. The summed E-state index contributed by atoms with van der Waals surface area (Å²) in [5, 5.41) is 37.6. The molecule has 0 heterocycles. The van der Waals surface area contributed by atoms with E-state index in [9.17, 15) is 14.4 Å². The van der Waals surface area contributed by atoms with E-state index in [0.717, 1.165) is 11.3 Å². The zero-order valence-electron chi connectivity index (χ0n) is 48.6. The molecule has 81 heavy (non-hydrogen) atoms. The van der Waals surface area contributed by atoms with Crippen molar-refractivity contribution in [2.24, 2.45) is 64.2 Å². The molecule has 0 aliphatic rings. The van der Waals surface area contributed by atoms with Gasteiger partial charge in [-0.05, 0) is 201 Å². The number of amides is 1. The van der Waals surface area contributed by atoms with E-state index in [-0.39, 0.29) is 60.3 Å². The maximum atomic E-state index is 14.2. The van der Waals surface area contributed by atoms with Crippen molar-refractivity contribution in [3.8, 4) is 24.2 Å². The second-order valence-corrected chi connectivity index (χ2v) is 23.2. The summed E-state index contributed by atoms with van der Waals surface area (Å²) >= 11 is 0. The third kappa shape index (κ3) is 18.4. The second-order valence-electron chi connectivity index (χ2n) is 23.2. The zero-order valence-corrected chi connectivity index (χ0v) is 48.6. The predicted molar refractivity (Wildman–Crippen MR) is 320 cm³/mol. The maximum absolute atomic E-state index is 14.2. The summed E-state index contributed by atoms with van der Waals surface area (Å²) < 4.78 is 18.0. The molecule has 6 rings (SSSR count). The van der Waals surface area contributed by atoms with Crippen molar-refractivity contribution in [3.63, 3.8) is 0 Å². The van der Waals surface area contributed by atoms with Gasteiger partial charge in [0.25, 0.3) is 5.91 Å². The van der Waals surface area contributed by atoms with Crippen LogP contribution >= 0.6 is 0 Å². The number of nitriles is 1. The van der Waals surface area contributed by atoms with E-state index in [4.69, 9.17) is 25.9 Å². The van der Waals surface area contributed by atoms with Gasteiger partial charge in [-0.3, -0.25) is 14.4 Å². The number of hydrogen-bond acceptors (Lipinski definition) is 14. The Labute approximate surface area is 478 Å². The number of terminal acetylenes is 1. The van der Waals surface area contributed by atoms with Crippen molar-refractivity contribution >= 4 is 63.3 Å². The van der Waals surface area contributed by atoms with Crippen LogP contribution in [-0.4, -0.2) is 51.3 Å². The first kappa shape index (κ1) is 61.4. The van der Waals surface area contributed by atoms with Crippen LogP contribution in [0.1, 0.15) is 110 Å². The minimum absolute atomic E-state index is 0.0134. The Morgan fingerprint density at radius 2 is 1.00 bits per heavy atom. The van der Waals surface area contributed by atoms with Crippen LogP contribution < -0.4 is 15.0 Å². The molecule has 1 amide bonds. The lowest BCUT2D eigenvalue weighted by Crippen LogP contribution is -2.44. The van der Waals surface area contributed by atoms with E-state index in [2.05, 4.69) is 103 Å². The van der Waals surface area contributed by atoms with E-state index in [1.54, 1.807) is 97.1 Å². The minimum Gasteiger partial charge on any atom is -0.490 e. The van der Waals surface area contributed by atoms with Gasteiger partial charge >= 0.3 is 11.9 Å². The van der Waals surface area contributed by atoms with Crippen molar-refractivity contribution in [2.45, 2.75) is 88.5 Å². The first-order valence-electron chi connectivity index (χ1n) is 27.2. The van der Waals surface area contributed by atoms with Gasteiger partial charge in [-0.15, -0.1) is 6.42 Å². The summed E-state index contributed by atoms with van der Waals surface area (Å²) in [7, 11) is 1.95. The number of benzene rings is 6. The van der Waals surface area contributed by atoms with Gasteiger partial charge in [0, 0.05) is 29.5 Å². The smallest absolute Gasteiger partial charge is 0.312 e. The predicted octanol–water partition coefficient (Wildman–Crippen LogP) is 17.2. The van der Waals surface area contributed by atoms with Gasteiger partial charge in [0.15, 0.2) is 0 Å². The van der Waals surface area contributed by atoms with E-state index >= 15 is 0 Å². The second kappa shape index (κ2) is 27.9. The standard InChI is InChI=1S/C66H75N9O6/c1-13-48-14-20-52(21-15-48)69-71-54-26-24-51(25-27-54)68-60(76)50-18-36-59(37-19-50)79-40-41-81-62(78)66(11,44-63(5,6)7)47(4)42-64(8,9)45-65(10,46(2)3)61(77)80-39-38-75(12)58-34-32-57(33-35-58)74-73-56-30-28-55(29-31-56)72-70-53-22-16-49(43-67)17-23-53/h1,14-37,46-47H,38-42,44-45H2,2-12H3,(H,68,76). The fourth-order valence-corrected chi connectivity index (χ4v) is 9.66. The maximum Gasteiger partial charge on any atom is 0.312 e. The molecule has 0 aromatic heterocycles. The molecule has 0 aliphatic carbocycles. The van der Waals surface area contributed by atoms with Crippen LogP contribution in [0.5, 0.6) is 5.75 Å². The van der Waals surface area contributed by atoms with Gasteiger partial charge in [-0.25, -0.2) is 0 Å². The molecular weight excluding hydrogens is 1010 g/mol. The number of nitrogens with one attached hydrogen (secondary N) is 1. The average Bonchev–Trinajstić information content (AvgIpc) is 3.48. The van der Waals surface area contributed by atoms with Gasteiger partial charge in [-0.2, -0.15) is 35.9 Å². The largest absolute Gasteiger partial charge is 0.490 e. The van der Waals surface area contributed by atoms with Gasteiger partial charge < -0.3 is 24.4 Å². The summed E-state index contributed by atoms with van der Waals surface area (Å²) in [6.45, 7) is 21.8. The third-order valence-corrected chi connectivity index (χ3v) is 14.4. The molecule has 0 radical (unpaired) electrons. The van der Waals surface area contributed by atoms with Crippen molar-refractivity contribution in [1.82, 2.24) is 0 Å². The van der Waals surface area contributed by atoms with Crippen molar-refractivity contribution in [3.05, 3.63) is 162 Å². The van der Waals surface area contributed by atoms with Gasteiger partial charge in [0.05, 0.1) is 63.1 Å². The number of azo groups is 3. The molecule has 6 aromatic carbocycles. The molecule has 1 N–H and O–H groups in total. The van der Waals surface area contributed by atoms with Gasteiger partial charge in [-0.1, -0.05) is 61.3 Å². The molecule has 0 saturated heterocycles. The van der Waals surface area contributed by atoms with Crippen molar-refractivity contribution in [1.29, 1.82) is 5.26 Å². The molecule has 0 fully saturated rings. The highest BCUT2D eigenvalue weighted by atomic mass is 16.6. The number of carbonyl (C=O) groups excluding carboxylic acids is 3. The Hall–Kier alpha value is -8.82. The lowest BCUT2D eigenvalue weighted by Gasteiger charge is -2.44. The van der Waals surface area contributed by atoms with E-state index in [0.29, 0.717) is 82.5 Å². The molecule has 0 saturated carbocycles. The number of ether oxygens (including phenoxy) is 3.